The average molecular weight is 460 g/mol. The predicted octanol–water partition coefficient (Wildman–Crippen LogP) is 4.26. The van der Waals surface area contributed by atoms with Gasteiger partial charge in [0.05, 0.1) is 12.7 Å². The van der Waals surface area contributed by atoms with Crippen molar-refractivity contribution < 1.29 is 41.8 Å². The van der Waals surface area contributed by atoms with E-state index in [1.165, 1.54) is 31.2 Å². The SMILES string of the molecule is COC(=O)C(C(C)=O)C(=O)C(C)Oc1ccc(Oc2ncc(C(F)(F)F)cc2Cl)cc1. The fraction of sp³-hybridized carbons (Fsp3) is 0.300. The molecule has 0 amide bonds. The number of carbonyl (C=O) groups is 3. The van der Waals surface area contributed by atoms with E-state index in [9.17, 15) is 27.6 Å². The lowest BCUT2D eigenvalue weighted by Crippen LogP contribution is -2.39. The van der Waals surface area contributed by atoms with Crippen molar-refractivity contribution in [1.82, 2.24) is 4.98 Å². The van der Waals surface area contributed by atoms with Crippen LogP contribution in [0.1, 0.15) is 19.4 Å². The molecule has 0 saturated heterocycles. The second-order valence-electron chi connectivity index (χ2n) is 6.31. The number of ether oxygens (including phenoxy) is 3. The lowest BCUT2D eigenvalue weighted by atomic mass is 9.96. The number of carbonyl (C=O) groups excluding carboxylic acids is 3. The molecule has 1 aromatic carbocycles. The van der Waals surface area contributed by atoms with Crippen molar-refractivity contribution in [3.8, 4) is 17.4 Å². The summed E-state index contributed by atoms with van der Waals surface area (Å²) in [6.45, 7) is 2.47. The summed E-state index contributed by atoms with van der Waals surface area (Å²) in [7, 11) is 1.06. The van der Waals surface area contributed by atoms with Crippen LogP contribution in [-0.2, 0) is 25.3 Å². The van der Waals surface area contributed by atoms with Gasteiger partial charge in [-0.25, -0.2) is 4.98 Å². The number of hydrogen-bond acceptors (Lipinski definition) is 7. The van der Waals surface area contributed by atoms with Crippen LogP contribution in [0.5, 0.6) is 17.4 Å². The van der Waals surface area contributed by atoms with Gasteiger partial charge in [0.15, 0.2) is 23.6 Å². The number of rotatable bonds is 8. The third-order valence-electron chi connectivity index (χ3n) is 4.01. The first-order valence-electron chi connectivity index (χ1n) is 8.73. The second-order valence-corrected chi connectivity index (χ2v) is 6.72. The first kappa shape index (κ1) is 24.1. The van der Waals surface area contributed by atoms with E-state index in [1.807, 2.05) is 0 Å². The molecule has 0 bridgehead atoms. The summed E-state index contributed by atoms with van der Waals surface area (Å²) in [5.74, 6) is -3.82. The monoisotopic (exact) mass is 459 g/mol. The van der Waals surface area contributed by atoms with E-state index in [-0.39, 0.29) is 22.4 Å². The minimum Gasteiger partial charge on any atom is -0.483 e. The average Bonchev–Trinajstić information content (AvgIpc) is 2.69. The number of hydrogen-bond donors (Lipinski definition) is 0. The van der Waals surface area contributed by atoms with E-state index in [4.69, 9.17) is 21.1 Å². The number of aromatic nitrogens is 1. The van der Waals surface area contributed by atoms with Crippen molar-refractivity contribution in [2.24, 2.45) is 5.92 Å². The Kier molecular flexibility index (Phi) is 7.61. The van der Waals surface area contributed by atoms with Crippen LogP contribution in [0.25, 0.3) is 0 Å². The highest BCUT2D eigenvalue weighted by Crippen LogP contribution is 2.35. The molecule has 0 aliphatic rings. The van der Waals surface area contributed by atoms with Crippen LogP contribution in [0.2, 0.25) is 5.02 Å². The van der Waals surface area contributed by atoms with Crippen LogP contribution in [-0.4, -0.2) is 35.7 Å². The van der Waals surface area contributed by atoms with Crippen LogP contribution in [0, 0.1) is 5.92 Å². The molecule has 2 aromatic rings. The second kappa shape index (κ2) is 9.78. The zero-order valence-electron chi connectivity index (χ0n) is 16.5. The van der Waals surface area contributed by atoms with Gasteiger partial charge in [-0.3, -0.25) is 14.4 Å². The molecule has 1 heterocycles. The van der Waals surface area contributed by atoms with Gasteiger partial charge in [0, 0.05) is 6.20 Å². The van der Waals surface area contributed by atoms with Crippen LogP contribution in [0.15, 0.2) is 36.5 Å². The van der Waals surface area contributed by atoms with Crippen molar-refractivity contribution in [2.75, 3.05) is 7.11 Å². The summed E-state index contributed by atoms with van der Waals surface area (Å²) in [4.78, 5) is 39.2. The summed E-state index contributed by atoms with van der Waals surface area (Å²) < 4.78 is 53.3. The third kappa shape index (κ3) is 6.17. The zero-order chi connectivity index (χ0) is 23.3. The highest BCUT2D eigenvalue weighted by Gasteiger charge is 2.36. The molecule has 0 spiro atoms. The summed E-state index contributed by atoms with van der Waals surface area (Å²) in [6.07, 6.45) is -5.12. The number of pyridine rings is 1. The number of esters is 1. The van der Waals surface area contributed by atoms with E-state index in [0.717, 1.165) is 14.0 Å². The Balaban J connectivity index is 2.08. The molecule has 0 aliphatic heterocycles. The molecule has 0 fully saturated rings. The molecule has 0 aliphatic carbocycles. The Morgan fingerprint density at radius 2 is 1.68 bits per heavy atom. The van der Waals surface area contributed by atoms with Gasteiger partial charge in [0.1, 0.15) is 16.5 Å². The van der Waals surface area contributed by atoms with Gasteiger partial charge >= 0.3 is 12.1 Å². The molecule has 166 valence electrons. The Bertz CT molecular complexity index is 978. The van der Waals surface area contributed by atoms with Gasteiger partial charge in [-0.15, -0.1) is 0 Å². The van der Waals surface area contributed by atoms with Gasteiger partial charge in [-0.2, -0.15) is 13.2 Å². The van der Waals surface area contributed by atoms with Gasteiger partial charge < -0.3 is 14.2 Å². The molecule has 0 N–H and O–H groups in total. The number of methoxy groups -OCH3 is 1. The smallest absolute Gasteiger partial charge is 0.417 e. The van der Waals surface area contributed by atoms with Crippen molar-refractivity contribution in [1.29, 1.82) is 0 Å². The topological polar surface area (TPSA) is 91.8 Å². The van der Waals surface area contributed by atoms with E-state index in [2.05, 4.69) is 9.72 Å². The molecule has 11 heteroatoms. The standard InChI is InChI=1S/C20H17ClF3NO6/c1-10(26)16(19(28)29-3)17(27)11(2)30-13-4-6-14(7-5-13)31-18-15(21)8-12(9-25-18)20(22,23)24/h4-9,11,16H,1-3H3. The summed E-state index contributed by atoms with van der Waals surface area (Å²) in [5.41, 5.74) is -1.01. The lowest BCUT2D eigenvalue weighted by Gasteiger charge is -2.18. The van der Waals surface area contributed by atoms with Crippen LogP contribution in [0.4, 0.5) is 13.2 Å². The summed E-state index contributed by atoms with van der Waals surface area (Å²) in [5, 5.41) is -0.326. The maximum atomic E-state index is 12.7. The largest absolute Gasteiger partial charge is 0.483 e. The molecule has 0 radical (unpaired) electrons. The Morgan fingerprint density at radius 1 is 1.10 bits per heavy atom. The highest BCUT2D eigenvalue weighted by molar-refractivity contribution is 6.31. The maximum Gasteiger partial charge on any atom is 0.417 e. The Hall–Kier alpha value is -3.14. The predicted molar refractivity (Wildman–Crippen MR) is 102 cm³/mol. The van der Waals surface area contributed by atoms with E-state index in [0.29, 0.717) is 12.3 Å². The maximum absolute atomic E-state index is 12.7. The van der Waals surface area contributed by atoms with Crippen molar-refractivity contribution in [3.05, 3.63) is 47.1 Å². The number of halogens is 4. The molecule has 2 rings (SSSR count). The van der Waals surface area contributed by atoms with E-state index < -0.39 is 41.3 Å². The van der Waals surface area contributed by atoms with E-state index in [1.54, 1.807) is 0 Å². The Morgan fingerprint density at radius 3 is 2.16 bits per heavy atom. The minimum absolute atomic E-state index is 0.191. The number of alkyl halides is 3. The van der Waals surface area contributed by atoms with Crippen LogP contribution >= 0.6 is 11.6 Å². The quantitative estimate of drug-likeness (QED) is 0.430. The lowest BCUT2D eigenvalue weighted by molar-refractivity contribution is -0.154. The molecule has 1 aromatic heterocycles. The molecular weight excluding hydrogens is 443 g/mol. The Labute approximate surface area is 180 Å². The van der Waals surface area contributed by atoms with Crippen molar-refractivity contribution in [2.45, 2.75) is 26.1 Å². The van der Waals surface area contributed by atoms with Crippen molar-refractivity contribution in [3.63, 3.8) is 0 Å². The summed E-state index contributed by atoms with van der Waals surface area (Å²) >= 11 is 5.80. The number of Topliss-reactive ketones (excluding diaryl/α,β-unsaturated/α-hetero) is 2. The van der Waals surface area contributed by atoms with Crippen LogP contribution < -0.4 is 9.47 Å². The van der Waals surface area contributed by atoms with Gasteiger partial charge in [0.25, 0.3) is 0 Å². The molecule has 0 saturated carbocycles. The van der Waals surface area contributed by atoms with E-state index >= 15 is 0 Å². The first-order chi connectivity index (χ1) is 14.4. The summed E-state index contributed by atoms with van der Waals surface area (Å²) in [6, 6.07) is 6.34. The fourth-order valence-corrected chi connectivity index (χ4v) is 2.66. The number of nitrogens with zero attached hydrogens (tertiary/aromatic N) is 1. The minimum atomic E-state index is -4.59. The molecule has 31 heavy (non-hydrogen) atoms. The third-order valence-corrected chi connectivity index (χ3v) is 4.29. The molecular formula is C20H17ClF3NO6. The van der Waals surface area contributed by atoms with Crippen molar-refractivity contribution >= 4 is 29.1 Å². The normalized spacial score (nSPS) is 13.1. The molecule has 7 nitrogen and oxygen atoms in total. The number of benzene rings is 1. The molecule has 2 atom stereocenters. The molecule has 2 unspecified atom stereocenters. The van der Waals surface area contributed by atoms with Gasteiger partial charge in [-0.05, 0) is 44.2 Å². The number of ketones is 2. The zero-order valence-corrected chi connectivity index (χ0v) is 17.3. The first-order valence-corrected chi connectivity index (χ1v) is 9.11. The van der Waals surface area contributed by atoms with Gasteiger partial charge in [0.2, 0.25) is 5.88 Å². The fourth-order valence-electron chi connectivity index (χ4n) is 2.45. The van der Waals surface area contributed by atoms with Gasteiger partial charge in [-0.1, -0.05) is 11.6 Å². The highest BCUT2D eigenvalue weighted by atomic mass is 35.5. The van der Waals surface area contributed by atoms with Crippen LogP contribution in [0.3, 0.4) is 0 Å².